The van der Waals surface area contributed by atoms with E-state index in [0.717, 1.165) is 5.69 Å². The van der Waals surface area contributed by atoms with E-state index >= 15 is 0 Å². The van der Waals surface area contributed by atoms with Gasteiger partial charge in [0.05, 0.1) is 12.2 Å². The quantitative estimate of drug-likeness (QED) is 0.862. The van der Waals surface area contributed by atoms with Gasteiger partial charge in [-0.1, -0.05) is 11.3 Å². The van der Waals surface area contributed by atoms with E-state index in [4.69, 9.17) is 5.73 Å². The molecule has 0 fully saturated rings. The van der Waals surface area contributed by atoms with Gasteiger partial charge in [0.1, 0.15) is 4.88 Å². The van der Waals surface area contributed by atoms with E-state index in [2.05, 4.69) is 10.3 Å². The summed E-state index contributed by atoms with van der Waals surface area (Å²) >= 11 is 1.21. The van der Waals surface area contributed by atoms with Gasteiger partial charge < -0.3 is 15.6 Å². The van der Waals surface area contributed by atoms with Crippen LogP contribution >= 0.6 is 11.3 Å². The Labute approximate surface area is 103 Å². The molecule has 0 saturated carbocycles. The second kappa shape index (κ2) is 4.58. The van der Waals surface area contributed by atoms with Crippen LogP contribution in [0, 0.1) is 6.92 Å². The Kier molecular flexibility index (Phi) is 3.14. The highest BCUT2D eigenvalue weighted by Gasteiger charge is 2.13. The van der Waals surface area contributed by atoms with Gasteiger partial charge in [-0.2, -0.15) is 0 Å². The van der Waals surface area contributed by atoms with Crippen molar-refractivity contribution < 1.29 is 4.79 Å². The minimum atomic E-state index is -0.127. The largest absolute Gasteiger partial charge is 0.375 e. The number of anilines is 1. The topological polar surface area (TPSA) is 72.9 Å². The summed E-state index contributed by atoms with van der Waals surface area (Å²) in [4.78, 5) is 16.5. The number of nitrogen functional groups attached to an aromatic ring is 1. The zero-order valence-corrected chi connectivity index (χ0v) is 10.5. The lowest BCUT2D eigenvalue weighted by Crippen LogP contribution is -2.23. The number of hydrogen-bond acceptors (Lipinski definition) is 4. The minimum Gasteiger partial charge on any atom is -0.375 e. The fourth-order valence-corrected chi connectivity index (χ4v) is 2.31. The molecule has 1 amide bonds. The molecule has 2 aromatic rings. The molecule has 0 spiro atoms. The van der Waals surface area contributed by atoms with E-state index in [-0.39, 0.29) is 5.91 Å². The van der Waals surface area contributed by atoms with Crippen LogP contribution in [0.15, 0.2) is 18.3 Å². The third-order valence-corrected chi connectivity index (χ3v) is 3.49. The molecular formula is C11H14N4OS. The molecule has 3 N–H and O–H groups in total. The highest BCUT2D eigenvalue weighted by Crippen LogP contribution is 2.19. The molecule has 0 aliphatic rings. The Hall–Kier alpha value is -1.82. The molecular weight excluding hydrogens is 236 g/mol. The van der Waals surface area contributed by atoms with Crippen LogP contribution < -0.4 is 11.1 Å². The molecule has 0 aromatic carbocycles. The van der Waals surface area contributed by atoms with Crippen molar-refractivity contribution in [1.29, 1.82) is 0 Å². The molecule has 2 heterocycles. The Bertz CT molecular complexity index is 543. The van der Waals surface area contributed by atoms with Crippen LogP contribution in [0.1, 0.15) is 21.1 Å². The molecule has 6 heteroatoms. The summed E-state index contributed by atoms with van der Waals surface area (Å²) in [5.41, 5.74) is 7.28. The minimum absolute atomic E-state index is 0.127. The van der Waals surface area contributed by atoms with Crippen molar-refractivity contribution in [2.75, 3.05) is 5.73 Å². The summed E-state index contributed by atoms with van der Waals surface area (Å²) in [5, 5.41) is 3.27. The van der Waals surface area contributed by atoms with Crippen molar-refractivity contribution in [3.63, 3.8) is 0 Å². The van der Waals surface area contributed by atoms with E-state index < -0.39 is 0 Å². The van der Waals surface area contributed by atoms with Gasteiger partial charge in [0.2, 0.25) is 0 Å². The maximum atomic E-state index is 11.9. The summed E-state index contributed by atoms with van der Waals surface area (Å²) in [6, 6.07) is 3.91. The van der Waals surface area contributed by atoms with Gasteiger partial charge in [-0.05, 0) is 19.1 Å². The van der Waals surface area contributed by atoms with Gasteiger partial charge in [-0.3, -0.25) is 4.79 Å². The maximum absolute atomic E-state index is 11.9. The number of carbonyl (C=O) groups excluding carboxylic acids is 1. The Morgan fingerprint density at radius 3 is 2.94 bits per heavy atom. The van der Waals surface area contributed by atoms with E-state index in [0.29, 0.717) is 22.2 Å². The van der Waals surface area contributed by atoms with Gasteiger partial charge >= 0.3 is 0 Å². The molecule has 90 valence electrons. The van der Waals surface area contributed by atoms with Crippen molar-refractivity contribution in [3.05, 3.63) is 34.6 Å². The second-order valence-corrected chi connectivity index (χ2v) is 4.79. The average Bonchev–Trinajstić information content (AvgIpc) is 2.81. The van der Waals surface area contributed by atoms with Gasteiger partial charge in [0, 0.05) is 18.9 Å². The maximum Gasteiger partial charge on any atom is 0.263 e. The summed E-state index contributed by atoms with van der Waals surface area (Å²) < 4.78 is 1.97. The van der Waals surface area contributed by atoms with Crippen LogP contribution in [-0.4, -0.2) is 15.5 Å². The summed E-state index contributed by atoms with van der Waals surface area (Å²) in [6.07, 6.45) is 1.94. The first-order valence-electron chi connectivity index (χ1n) is 5.19. The van der Waals surface area contributed by atoms with Crippen molar-refractivity contribution in [2.24, 2.45) is 7.05 Å². The van der Waals surface area contributed by atoms with Crippen LogP contribution in [0.5, 0.6) is 0 Å². The molecule has 0 saturated heterocycles. The number of hydrogen-bond donors (Lipinski definition) is 2. The first kappa shape index (κ1) is 11.7. The number of aromatic nitrogens is 2. The number of nitrogens with two attached hydrogens (primary N) is 1. The molecule has 0 bridgehead atoms. The third kappa shape index (κ3) is 2.47. The smallest absolute Gasteiger partial charge is 0.263 e. The first-order chi connectivity index (χ1) is 8.08. The van der Waals surface area contributed by atoms with Gasteiger partial charge in [0.25, 0.3) is 5.91 Å². The standard InChI is InChI=1S/C11H14N4OS/c1-7-9(17-11(12)14-7)10(16)13-6-8-4-3-5-15(8)2/h3-5H,6H2,1-2H3,(H2,12,14)(H,13,16). The third-order valence-electron chi connectivity index (χ3n) is 2.50. The van der Waals surface area contributed by atoms with Gasteiger partial charge in [0.15, 0.2) is 5.13 Å². The lowest BCUT2D eigenvalue weighted by atomic mass is 10.3. The molecule has 0 atom stereocenters. The van der Waals surface area contributed by atoms with Crippen LogP contribution in [0.4, 0.5) is 5.13 Å². The van der Waals surface area contributed by atoms with Crippen molar-refractivity contribution >= 4 is 22.4 Å². The summed E-state index contributed by atoms with van der Waals surface area (Å²) in [7, 11) is 1.94. The molecule has 0 aliphatic heterocycles. The van der Waals surface area contributed by atoms with E-state index in [1.165, 1.54) is 11.3 Å². The molecule has 2 aromatic heterocycles. The van der Waals surface area contributed by atoms with E-state index in [9.17, 15) is 4.79 Å². The van der Waals surface area contributed by atoms with Crippen LogP contribution in [-0.2, 0) is 13.6 Å². The zero-order chi connectivity index (χ0) is 12.4. The van der Waals surface area contributed by atoms with Crippen LogP contribution in [0.3, 0.4) is 0 Å². The molecule has 2 rings (SSSR count). The Balaban J connectivity index is 2.03. The summed E-state index contributed by atoms with van der Waals surface area (Å²) in [6.45, 7) is 2.28. The van der Waals surface area contributed by atoms with E-state index in [1.807, 2.05) is 29.9 Å². The number of nitrogens with one attached hydrogen (secondary N) is 1. The number of amides is 1. The fourth-order valence-electron chi connectivity index (χ4n) is 1.56. The molecule has 17 heavy (non-hydrogen) atoms. The number of rotatable bonds is 3. The predicted molar refractivity (Wildman–Crippen MR) is 67.8 cm³/mol. The SMILES string of the molecule is Cc1nc(N)sc1C(=O)NCc1cccn1C. The van der Waals surface area contributed by atoms with Crippen LogP contribution in [0.25, 0.3) is 0 Å². The van der Waals surface area contributed by atoms with Gasteiger partial charge in [-0.25, -0.2) is 4.98 Å². The molecule has 0 unspecified atom stereocenters. The Morgan fingerprint density at radius 2 is 2.41 bits per heavy atom. The van der Waals surface area contributed by atoms with Crippen molar-refractivity contribution in [2.45, 2.75) is 13.5 Å². The highest BCUT2D eigenvalue weighted by atomic mass is 32.1. The molecule has 5 nitrogen and oxygen atoms in total. The average molecular weight is 250 g/mol. The predicted octanol–water partition coefficient (Wildman–Crippen LogP) is 1.30. The zero-order valence-electron chi connectivity index (χ0n) is 9.73. The van der Waals surface area contributed by atoms with E-state index in [1.54, 1.807) is 6.92 Å². The molecule has 0 aliphatic carbocycles. The molecule has 0 radical (unpaired) electrons. The Morgan fingerprint density at radius 1 is 1.65 bits per heavy atom. The number of carbonyl (C=O) groups is 1. The number of thiazole rings is 1. The highest BCUT2D eigenvalue weighted by molar-refractivity contribution is 7.17. The lowest BCUT2D eigenvalue weighted by Gasteiger charge is -2.05. The first-order valence-corrected chi connectivity index (χ1v) is 6.01. The van der Waals surface area contributed by atoms with Crippen molar-refractivity contribution in [3.8, 4) is 0 Å². The normalized spacial score (nSPS) is 10.5. The lowest BCUT2D eigenvalue weighted by molar-refractivity contribution is 0.0953. The summed E-state index contributed by atoms with van der Waals surface area (Å²) in [5.74, 6) is -0.127. The monoisotopic (exact) mass is 250 g/mol. The van der Waals surface area contributed by atoms with Gasteiger partial charge in [-0.15, -0.1) is 0 Å². The van der Waals surface area contributed by atoms with Crippen molar-refractivity contribution in [1.82, 2.24) is 14.9 Å². The number of nitrogens with zero attached hydrogens (tertiary/aromatic N) is 2. The number of aryl methyl sites for hydroxylation is 2. The fraction of sp³-hybridized carbons (Fsp3) is 0.273. The van der Waals surface area contributed by atoms with Crippen LogP contribution in [0.2, 0.25) is 0 Å². The second-order valence-electron chi connectivity index (χ2n) is 3.76.